The van der Waals surface area contributed by atoms with E-state index in [2.05, 4.69) is 39.9 Å². The van der Waals surface area contributed by atoms with E-state index in [0.717, 1.165) is 54.0 Å². The molecule has 0 radical (unpaired) electrons. The maximum Gasteiger partial charge on any atom is 0.00701 e. The third-order valence-corrected chi connectivity index (χ3v) is 11.9. The number of nitrogens with one attached hydrogen (secondary N) is 1. The van der Waals surface area contributed by atoms with E-state index in [4.69, 9.17) is 5.73 Å². The van der Waals surface area contributed by atoms with Crippen LogP contribution in [0.2, 0.25) is 0 Å². The van der Waals surface area contributed by atoms with Gasteiger partial charge >= 0.3 is 0 Å². The van der Waals surface area contributed by atoms with Crippen LogP contribution in [-0.2, 0) is 0 Å². The smallest absolute Gasteiger partial charge is 0.00701 e. The van der Waals surface area contributed by atoms with Crippen molar-refractivity contribution in [2.24, 2.45) is 58.0 Å². The molecule has 2 nitrogen and oxygen atoms in total. The predicted molar refractivity (Wildman–Crippen MR) is 143 cm³/mol. The molecule has 0 amide bonds. The molecule has 33 heavy (non-hydrogen) atoms. The third kappa shape index (κ3) is 5.23. The van der Waals surface area contributed by atoms with E-state index >= 15 is 0 Å². The fraction of sp³-hybridized carbons (Fsp3) is 1.00. The van der Waals surface area contributed by atoms with Crippen molar-refractivity contribution in [1.29, 1.82) is 0 Å². The molecule has 0 heterocycles. The molecule has 192 valence electrons. The summed E-state index contributed by atoms with van der Waals surface area (Å²) in [5.41, 5.74) is 6.96. The van der Waals surface area contributed by atoms with Crippen molar-refractivity contribution in [2.45, 2.75) is 131 Å². The molecule has 4 aliphatic rings. The SMILES string of the molecule is CC(C)CCC[C@@H](C)[C@H]1CCC2C3CCC4C[C@@H](NCCCCN)CC[C@]4(C)C3CC[C@@]21C. The monoisotopic (exact) mass is 458 g/mol. The van der Waals surface area contributed by atoms with Crippen LogP contribution in [0.1, 0.15) is 125 Å². The fourth-order valence-electron chi connectivity index (χ4n) is 10.0. The average molecular weight is 459 g/mol. The largest absolute Gasteiger partial charge is 0.330 e. The van der Waals surface area contributed by atoms with Gasteiger partial charge in [-0.1, -0.05) is 53.9 Å². The van der Waals surface area contributed by atoms with Crippen LogP contribution in [0.4, 0.5) is 0 Å². The van der Waals surface area contributed by atoms with Gasteiger partial charge in [0.25, 0.3) is 0 Å². The minimum Gasteiger partial charge on any atom is -0.330 e. The third-order valence-electron chi connectivity index (χ3n) is 11.9. The maximum atomic E-state index is 5.69. The summed E-state index contributed by atoms with van der Waals surface area (Å²) in [5, 5.41) is 3.91. The van der Waals surface area contributed by atoms with Crippen LogP contribution in [0.5, 0.6) is 0 Å². The van der Waals surface area contributed by atoms with Gasteiger partial charge in [-0.2, -0.15) is 0 Å². The highest BCUT2D eigenvalue weighted by atomic mass is 14.9. The first kappa shape index (κ1) is 26.0. The van der Waals surface area contributed by atoms with Gasteiger partial charge in [-0.25, -0.2) is 0 Å². The van der Waals surface area contributed by atoms with Crippen LogP contribution in [0.15, 0.2) is 0 Å². The Labute approximate surface area is 207 Å². The zero-order valence-corrected chi connectivity index (χ0v) is 23.0. The van der Waals surface area contributed by atoms with Gasteiger partial charge in [-0.05, 0) is 136 Å². The molecule has 0 bridgehead atoms. The van der Waals surface area contributed by atoms with Gasteiger partial charge in [0.2, 0.25) is 0 Å². The van der Waals surface area contributed by atoms with E-state index in [1.165, 1.54) is 83.6 Å². The zero-order chi connectivity index (χ0) is 23.6. The molecule has 0 aromatic heterocycles. The highest BCUT2D eigenvalue weighted by Gasteiger charge is 2.60. The Hall–Kier alpha value is -0.0800. The zero-order valence-electron chi connectivity index (χ0n) is 23.0. The molecule has 0 spiro atoms. The lowest BCUT2D eigenvalue weighted by Gasteiger charge is -2.61. The summed E-state index contributed by atoms with van der Waals surface area (Å²) in [6.45, 7) is 14.9. The van der Waals surface area contributed by atoms with Crippen LogP contribution >= 0.6 is 0 Å². The normalized spacial score (nSPS) is 43.7. The molecule has 4 fully saturated rings. The molecular formula is C31H58N2. The van der Waals surface area contributed by atoms with Crippen molar-refractivity contribution in [2.75, 3.05) is 13.1 Å². The molecule has 4 aliphatic carbocycles. The second kappa shape index (κ2) is 10.9. The number of fused-ring (bicyclic) bond motifs is 5. The van der Waals surface area contributed by atoms with Crippen LogP contribution in [0.3, 0.4) is 0 Å². The standard InChI is InChI=1S/C31H58N2/c1-22(2)9-8-10-23(3)27-13-14-28-26-12-11-24-21-25(33-20-7-6-19-32)15-17-30(24,4)29(26)16-18-31(27,28)5/h22-29,33H,6-21,32H2,1-5H3/t23-,24?,25+,26?,27-,28?,29?,30+,31-/m1/s1. The highest BCUT2D eigenvalue weighted by Crippen LogP contribution is 2.68. The minimum atomic E-state index is 0.626. The second-order valence-electron chi connectivity index (χ2n) is 14.1. The molecule has 2 heteroatoms. The Morgan fingerprint density at radius 1 is 0.818 bits per heavy atom. The Morgan fingerprint density at radius 3 is 2.33 bits per heavy atom. The number of unbranched alkanes of at least 4 members (excludes halogenated alkanes) is 1. The summed E-state index contributed by atoms with van der Waals surface area (Å²) in [6.07, 6.45) is 20.3. The second-order valence-corrected chi connectivity index (χ2v) is 14.1. The number of hydrogen-bond acceptors (Lipinski definition) is 2. The van der Waals surface area contributed by atoms with E-state index in [1.54, 1.807) is 12.8 Å². The van der Waals surface area contributed by atoms with Crippen molar-refractivity contribution in [1.82, 2.24) is 5.32 Å². The highest BCUT2D eigenvalue weighted by molar-refractivity contribution is 5.10. The van der Waals surface area contributed by atoms with Crippen molar-refractivity contribution in [3.63, 3.8) is 0 Å². The minimum absolute atomic E-state index is 0.626. The van der Waals surface area contributed by atoms with Crippen molar-refractivity contribution in [3.05, 3.63) is 0 Å². The lowest BCUT2D eigenvalue weighted by molar-refractivity contribution is -0.118. The molecule has 4 saturated carbocycles. The average Bonchev–Trinajstić information content (AvgIpc) is 3.14. The molecule has 0 saturated heterocycles. The summed E-state index contributed by atoms with van der Waals surface area (Å²) in [7, 11) is 0. The number of hydrogen-bond donors (Lipinski definition) is 2. The van der Waals surface area contributed by atoms with Crippen LogP contribution in [0, 0.1) is 52.3 Å². The summed E-state index contributed by atoms with van der Waals surface area (Å²) < 4.78 is 0. The molecule has 9 atom stereocenters. The van der Waals surface area contributed by atoms with Crippen molar-refractivity contribution in [3.8, 4) is 0 Å². The first-order valence-electron chi connectivity index (χ1n) is 15.2. The summed E-state index contributed by atoms with van der Waals surface area (Å²) in [6, 6.07) is 0.772. The van der Waals surface area contributed by atoms with Crippen LogP contribution < -0.4 is 11.1 Å². The molecule has 0 aromatic carbocycles. The van der Waals surface area contributed by atoms with Crippen LogP contribution in [0.25, 0.3) is 0 Å². The van der Waals surface area contributed by atoms with Gasteiger partial charge < -0.3 is 11.1 Å². The van der Waals surface area contributed by atoms with Gasteiger partial charge in [-0.3, -0.25) is 0 Å². The van der Waals surface area contributed by atoms with E-state index in [0.29, 0.717) is 10.8 Å². The Kier molecular flexibility index (Phi) is 8.58. The van der Waals surface area contributed by atoms with E-state index in [-0.39, 0.29) is 0 Å². The Balaban J connectivity index is 1.36. The summed E-state index contributed by atoms with van der Waals surface area (Å²) in [4.78, 5) is 0. The molecule has 4 rings (SSSR count). The van der Waals surface area contributed by atoms with Crippen molar-refractivity contribution >= 4 is 0 Å². The van der Waals surface area contributed by atoms with E-state index < -0.39 is 0 Å². The first-order valence-corrected chi connectivity index (χ1v) is 15.2. The number of nitrogens with two attached hydrogens (primary N) is 1. The summed E-state index contributed by atoms with van der Waals surface area (Å²) >= 11 is 0. The van der Waals surface area contributed by atoms with Crippen molar-refractivity contribution < 1.29 is 0 Å². The number of rotatable bonds is 10. The molecule has 0 aliphatic heterocycles. The molecular weight excluding hydrogens is 400 g/mol. The summed E-state index contributed by atoms with van der Waals surface area (Å²) in [5.74, 6) is 6.84. The first-order chi connectivity index (χ1) is 15.8. The quantitative estimate of drug-likeness (QED) is 0.328. The van der Waals surface area contributed by atoms with Gasteiger partial charge in [0.05, 0.1) is 0 Å². The van der Waals surface area contributed by atoms with Gasteiger partial charge in [0, 0.05) is 6.04 Å². The Bertz CT molecular complexity index is 616. The molecule has 0 aromatic rings. The molecule has 3 N–H and O–H groups in total. The predicted octanol–water partition coefficient (Wildman–Crippen LogP) is 7.80. The van der Waals surface area contributed by atoms with Gasteiger partial charge in [0.15, 0.2) is 0 Å². The molecule has 4 unspecified atom stereocenters. The van der Waals surface area contributed by atoms with E-state index in [9.17, 15) is 0 Å². The maximum absolute atomic E-state index is 5.69. The Morgan fingerprint density at radius 2 is 1.58 bits per heavy atom. The van der Waals surface area contributed by atoms with E-state index in [1.807, 2.05) is 0 Å². The van der Waals surface area contributed by atoms with Crippen LogP contribution in [-0.4, -0.2) is 19.1 Å². The van der Waals surface area contributed by atoms with Gasteiger partial charge in [0.1, 0.15) is 0 Å². The van der Waals surface area contributed by atoms with Gasteiger partial charge in [-0.15, -0.1) is 0 Å². The lowest BCUT2D eigenvalue weighted by Crippen LogP contribution is -2.55. The topological polar surface area (TPSA) is 38.0 Å². The lowest BCUT2D eigenvalue weighted by atomic mass is 9.44. The fourth-order valence-corrected chi connectivity index (χ4v) is 10.0.